The maximum Gasteiger partial charge on any atom is 0.339 e. The SMILES string of the molecule is CCOC(=O)c1cc(C)n(CC(=O)NCCNS(=O)(=O)c2cc(C)ccc2C)c1C. The van der Waals surface area contributed by atoms with Crippen LogP contribution >= 0.6 is 0 Å². The number of amides is 1. The molecule has 0 saturated carbocycles. The lowest BCUT2D eigenvalue weighted by Crippen LogP contribution is -2.36. The van der Waals surface area contributed by atoms with Gasteiger partial charge in [0, 0.05) is 24.5 Å². The average Bonchev–Trinajstić information content (AvgIpc) is 2.95. The van der Waals surface area contributed by atoms with E-state index in [1.807, 2.05) is 13.0 Å². The van der Waals surface area contributed by atoms with Crippen molar-refractivity contribution in [3.63, 3.8) is 0 Å². The number of rotatable bonds is 9. The van der Waals surface area contributed by atoms with Crippen LogP contribution in [0, 0.1) is 27.7 Å². The molecule has 0 radical (unpaired) electrons. The highest BCUT2D eigenvalue weighted by atomic mass is 32.2. The van der Waals surface area contributed by atoms with Gasteiger partial charge in [-0.05, 0) is 57.9 Å². The molecule has 0 aliphatic rings. The Kier molecular flexibility index (Phi) is 7.80. The van der Waals surface area contributed by atoms with E-state index in [1.165, 1.54) is 0 Å². The van der Waals surface area contributed by atoms with Gasteiger partial charge < -0.3 is 14.6 Å². The first-order chi connectivity index (χ1) is 14.1. The molecule has 0 saturated heterocycles. The van der Waals surface area contributed by atoms with Crippen molar-refractivity contribution in [2.45, 2.75) is 46.1 Å². The molecule has 2 rings (SSSR count). The van der Waals surface area contributed by atoms with Crippen molar-refractivity contribution >= 4 is 21.9 Å². The number of sulfonamides is 1. The fourth-order valence-electron chi connectivity index (χ4n) is 3.12. The van der Waals surface area contributed by atoms with Crippen molar-refractivity contribution in [2.24, 2.45) is 0 Å². The van der Waals surface area contributed by atoms with Gasteiger partial charge in [0.15, 0.2) is 0 Å². The van der Waals surface area contributed by atoms with Crippen LogP contribution in [0.4, 0.5) is 0 Å². The Bertz CT molecular complexity index is 1040. The number of ether oxygens (including phenoxy) is 1. The number of aryl methyl sites for hydroxylation is 3. The molecule has 1 aromatic heterocycles. The van der Waals surface area contributed by atoms with Crippen molar-refractivity contribution in [1.29, 1.82) is 0 Å². The van der Waals surface area contributed by atoms with E-state index in [1.54, 1.807) is 50.5 Å². The zero-order valence-electron chi connectivity index (χ0n) is 18.0. The second-order valence-corrected chi connectivity index (χ2v) is 8.84. The van der Waals surface area contributed by atoms with Crippen LogP contribution < -0.4 is 10.0 Å². The molecule has 1 amide bonds. The van der Waals surface area contributed by atoms with E-state index >= 15 is 0 Å². The molecule has 0 aliphatic heterocycles. The largest absolute Gasteiger partial charge is 0.462 e. The number of benzene rings is 1. The lowest BCUT2D eigenvalue weighted by Gasteiger charge is -2.12. The van der Waals surface area contributed by atoms with E-state index < -0.39 is 16.0 Å². The first kappa shape index (κ1) is 23.6. The summed E-state index contributed by atoms with van der Waals surface area (Å²) < 4.78 is 34.2. The van der Waals surface area contributed by atoms with Crippen LogP contribution in [-0.2, 0) is 26.1 Å². The Hall–Kier alpha value is -2.65. The zero-order valence-corrected chi connectivity index (χ0v) is 18.9. The van der Waals surface area contributed by atoms with Crippen molar-refractivity contribution in [3.8, 4) is 0 Å². The van der Waals surface area contributed by atoms with Crippen molar-refractivity contribution < 1.29 is 22.7 Å². The first-order valence-electron chi connectivity index (χ1n) is 9.74. The molecule has 0 atom stereocenters. The fourth-order valence-corrected chi connectivity index (χ4v) is 4.48. The Labute approximate surface area is 177 Å². The predicted molar refractivity (Wildman–Crippen MR) is 114 cm³/mol. The van der Waals surface area contributed by atoms with Gasteiger partial charge in [0.1, 0.15) is 6.54 Å². The van der Waals surface area contributed by atoms with Gasteiger partial charge in [-0.15, -0.1) is 0 Å². The minimum atomic E-state index is -3.65. The molecule has 30 heavy (non-hydrogen) atoms. The maximum atomic E-state index is 12.5. The fraction of sp³-hybridized carbons (Fsp3) is 0.429. The number of nitrogens with one attached hydrogen (secondary N) is 2. The van der Waals surface area contributed by atoms with Crippen LogP contribution in [0.2, 0.25) is 0 Å². The van der Waals surface area contributed by atoms with Gasteiger partial charge in [0.2, 0.25) is 15.9 Å². The van der Waals surface area contributed by atoms with Crippen LogP contribution in [0.15, 0.2) is 29.2 Å². The minimum Gasteiger partial charge on any atom is -0.462 e. The van der Waals surface area contributed by atoms with Crippen molar-refractivity contribution in [1.82, 2.24) is 14.6 Å². The summed E-state index contributed by atoms with van der Waals surface area (Å²) in [7, 11) is -3.65. The van der Waals surface area contributed by atoms with Crippen LogP contribution in [0.3, 0.4) is 0 Å². The lowest BCUT2D eigenvalue weighted by atomic mass is 10.2. The number of nitrogens with zero attached hydrogens (tertiary/aromatic N) is 1. The smallest absolute Gasteiger partial charge is 0.339 e. The second-order valence-electron chi connectivity index (χ2n) is 7.11. The highest BCUT2D eigenvalue weighted by Crippen LogP contribution is 2.17. The topological polar surface area (TPSA) is 106 Å². The molecule has 0 fully saturated rings. The highest BCUT2D eigenvalue weighted by Gasteiger charge is 2.19. The van der Waals surface area contributed by atoms with E-state index in [0.717, 1.165) is 11.3 Å². The van der Waals surface area contributed by atoms with Gasteiger partial charge in [-0.3, -0.25) is 4.79 Å². The summed E-state index contributed by atoms with van der Waals surface area (Å²) in [5.74, 6) is -0.698. The molecule has 0 bridgehead atoms. The van der Waals surface area contributed by atoms with E-state index in [2.05, 4.69) is 10.0 Å². The molecule has 0 aliphatic carbocycles. The molecular weight excluding hydrogens is 406 g/mol. The molecule has 8 nitrogen and oxygen atoms in total. The van der Waals surface area contributed by atoms with E-state index in [0.29, 0.717) is 16.8 Å². The predicted octanol–water partition coefficient (Wildman–Crippen LogP) is 1.99. The molecule has 2 N–H and O–H groups in total. The lowest BCUT2D eigenvalue weighted by molar-refractivity contribution is -0.121. The van der Waals surface area contributed by atoms with Crippen molar-refractivity contribution in [3.05, 3.63) is 52.3 Å². The summed E-state index contributed by atoms with van der Waals surface area (Å²) in [5, 5.41) is 2.70. The van der Waals surface area contributed by atoms with E-state index in [-0.39, 0.29) is 37.0 Å². The number of esters is 1. The summed E-state index contributed by atoms with van der Waals surface area (Å²) in [5.41, 5.74) is 3.36. The molecule has 0 unspecified atom stereocenters. The second kappa shape index (κ2) is 9.90. The Morgan fingerprint density at radius 1 is 1.07 bits per heavy atom. The molecular formula is C21H29N3O5S. The third kappa shape index (κ3) is 5.70. The van der Waals surface area contributed by atoms with E-state index in [9.17, 15) is 18.0 Å². The quantitative estimate of drug-likeness (QED) is 0.463. The minimum absolute atomic E-state index is 0.0286. The number of aromatic nitrogens is 1. The van der Waals surface area contributed by atoms with E-state index in [4.69, 9.17) is 4.74 Å². The number of hydrogen-bond acceptors (Lipinski definition) is 5. The van der Waals surface area contributed by atoms with Gasteiger partial charge in [0.05, 0.1) is 17.1 Å². The maximum absolute atomic E-state index is 12.5. The Morgan fingerprint density at radius 3 is 2.43 bits per heavy atom. The summed E-state index contributed by atoms with van der Waals surface area (Å²) >= 11 is 0. The van der Waals surface area contributed by atoms with Gasteiger partial charge in [-0.25, -0.2) is 17.9 Å². The van der Waals surface area contributed by atoms with Crippen LogP contribution in [-0.4, -0.2) is 44.6 Å². The normalized spacial score (nSPS) is 11.4. The van der Waals surface area contributed by atoms with Gasteiger partial charge in [0.25, 0.3) is 0 Å². The first-order valence-corrected chi connectivity index (χ1v) is 11.2. The molecule has 1 heterocycles. The van der Waals surface area contributed by atoms with Gasteiger partial charge >= 0.3 is 5.97 Å². The summed E-state index contributed by atoms with van der Waals surface area (Å²) in [6.07, 6.45) is 0. The molecule has 0 spiro atoms. The third-order valence-electron chi connectivity index (χ3n) is 4.74. The molecule has 9 heteroatoms. The van der Waals surface area contributed by atoms with Crippen molar-refractivity contribution in [2.75, 3.05) is 19.7 Å². The van der Waals surface area contributed by atoms with Crippen LogP contribution in [0.1, 0.15) is 39.8 Å². The Balaban J connectivity index is 1.92. The molecule has 1 aromatic carbocycles. The van der Waals surface area contributed by atoms with Crippen LogP contribution in [0.5, 0.6) is 0 Å². The Morgan fingerprint density at radius 2 is 1.77 bits per heavy atom. The standard InChI is InChI=1S/C21H29N3O5S/c1-6-29-21(26)18-12-16(4)24(17(18)5)13-20(25)22-9-10-23-30(27,28)19-11-14(2)7-8-15(19)3/h7-8,11-12,23H,6,9-10,13H2,1-5H3,(H,22,25). The summed E-state index contributed by atoms with van der Waals surface area (Å²) in [4.78, 5) is 24.5. The summed E-state index contributed by atoms with van der Waals surface area (Å²) in [6, 6.07) is 6.93. The number of carbonyl (C=O) groups excluding carboxylic acids is 2. The number of hydrogen-bond donors (Lipinski definition) is 2. The van der Waals surface area contributed by atoms with Gasteiger partial charge in [-0.1, -0.05) is 12.1 Å². The monoisotopic (exact) mass is 435 g/mol. The highest BCUT2D eigenvalue weighted by molar-refractivity contribution is 7.89. The third-order valence-corrected chi connectivity index (χ3v) is 6.35. The number of carbonyl (C=O) groups is 2. The molecule has 164 valence electrons. The van der Waals surface area contributed by atoms with Crippen LogP contribution in [0.25, 0.3) is 0 Å². The average molecular weight is 436 g/mol. The summed E-state index contributed by atoms with van der Waals surface area (Å²) in [6.45, 7) is 9.39. The zero-order chi connectivity index (χ0) is 22.5. The molecule has 2 aromatic rings. The van der Waals surface area contributed by atoms with Gasteiger partial charge in [-0.2, -0.15) is 0 Å².